The van der Waals surface area contributed by atoms with E-state index in [2.05, 4.69) is 5.43 Å². The molecule has 1 aliphatic heterocycles. The summed E-state index contributed by atoms with van der Waals surface area (Å²) in [4.78, 5) is 29.5. The van der Waals surface area contributed by atoms with Crippen molar-refractivity contribution in [2.24, 2.45) is 0 Å². The molecule has 9 heteroatoms. The molecule has 7 nitrogen and oxygen atoms in total. The number of hydrogen-bond donors (Lipinski definition) is 2. The molecule has 0 atom stereocenters. The van der Waals surface area contributed by atoms with E-state index in [-0.39, 0.29) is 18.9 Å². The van der Waals surface area contributed by atoms with Gasteiger partial charge in [-0.3, -0.25) is 15.0 Å². The maximum Gasteiger partial charge on any atom is 0.263 e. The molecule has 124 valence electrons. The van der Waals surface area contributed by atoms with Crippen molar-refractivity contribution < 1.29 is 18.0 Å². The van der Waals surface area contributed by atoms with Crippen molar-refractivity contribution in [3.8, 4) is 0 Å². The average molecular weight is 355 g/mol. The molecule has 0 saturated heterocycles. The van der Waals surface area contributed by atoms with Crippen LogP contribution in [0.4, 0.5) is 0 Å². The van der Waals surface area contributed by atoms with Crippen LogP contribution in [0.1, 0.15) is 14.5 Å². The Balaban J connectivity index is 1.93. The predicted octanol–water partition coefficient (Wildman–Crippen LogP) is 0.575. The molecule has 1 aliphatic rings. The van der Waals surface area contributed by atoms with Crippen molar-refractivity contribution in [2.75, 3.05) is 19.3 Å². The van der Waals surface area contributed by atoms with Gasteiger partial charge in [0.15, 0.2) is 5.78 Å². The van der Waals surface area contributed by atoms with E-state index in [1.165, 1.54) is 11.3 Å². The number of Topliss-reactive ketones (excluding diaryl/α,β-unsaturated/α-hetero) is 1. The topological polar surface area (TPSA) is 95.6 Å². The Morgan fingerprint density at radius 3 is 2.70 bits per heavy atom. The van der Waals surface area contributed by atoms with Gasteiger partial charge in [-0.25, -0.2) is 8.42 Å². The van der Waals surface area contributed by atoms with Crippen molar-refractivity contribution in [1.82, 2.24) is 15.2 Å². The molecular formula is C14H17N3O4S2. The van der Waals surface area contributed by atoms with Crippen LogP contribution in [0.15, 0.2) is 36.1 Å². The van der Waals surface area contributed by atoms with E-state index in [1.54, 1.807) is 29.3 Å². The SMILES string of the molecule is Cc1ccc(C(=O)CN2C=CC=C(C(=O)NNS(C)(=O)=O)C2)s1. The standard InChI is InChI=1S/C14H17N3O4S2/c1-10-5-6-13(22-10)12(18)9-17-7-3-4-11(8-17)14(19)15-16-23(2,20)21/h3-7,16H,8-9H2,1-2H3,(H,15,19). The van der Waals surface area contributed by atoms with Crippen LogP contribution >= 0.6 is 11.3 Å². The number of sulfonamides is 1. The zero-order chi connectivity index (χ0) is 17.0. The van der Waals surface area contributed by atoms with Crippen LogP contribution in [0.2, 0.25) is 0 Å². The quantitative estimate of drug-likeness (QED) is 0.575. The third-order valence-electron chi connectivity index (χ3n) is 2.97. The lowest BCUT2D eigenvalue weighted by atomic mass is 10.1. The van der Waals surface area contributed by atoms with Crippen LogP contribution in [0.5, 0.6) is 0 Å². The predicted molar refractivity (Wildman–Crippen MR) is 88.3 cm³/mol. The van der Waals surface area contributed by atoms with Crippen molar-refractivity contribution >= 4 is 33.1 Å². The first-order chi connectivity index (χ1) is 10.7. The first kappa shape index (κ1) is 17.4. The Morgan fingerprint density at radius 2 is 2.09 bits per heavy atom. The summed E-state index contributed by atoms with van der Waals surface area (Å²) < 4.78 is 21.9. The molecular weight excluding hydrogens is 338 g/mol. The number of thiophene rings is 1. The van der Waals surface area contributed by atoms with Gasteiger partial charge >= 0.3 is 0 Å². The molecule has 2 rings (SSSR count). The van der Waals surface area contributed by atoms with Gasteiger partial charge in [0, 0.05) is 17.0 Å². The van der Waals surface area contributed by atoms with Gasteiger partial charge in [-0.15, -0.1) is 16.2 Å². The van der Waals surface area contributed by atoms with E-state index >= 15 is 0 Å². The lowest BCUT2D eigenvalue weighted by Gasteiger charge is -2.23. The summed E-state index contributed by atoms with van der Waals surface area (Å²) in [5, 5.41) is 0. The van der Waals surface area contributed by atoms with Crippen molar-refractivity contribution in [2.45, 2.75) is 6.92 Å². The Morgan fingerprint density at radius 1 is 1.35 bits per heavy atom. The summed E-state index contributed by atoms with van der Waals surface area (Å²) in [6, 6.07) is 3.68. The zero-order valence-electron chi connectivity index (χ0n) is 12.7. The number of rotatable bonds is 6. The van der Waals surface area contributed by atoms with E-state index in [0.717, 1.165) is 11.1 Å². The average Bonchev–Trinajstić information content (AvgIpc) is 2.91. The minimum absolute atomic E-state index is 0.0244. The molecule has 2 heterocycles. The van der Waals surface area contributed by atoms with Crippen LogP contribution in [-0.4, -0.2) is 44.4 Å². The number of hydrazine groups is 1. The molecule has 0 aromatic carbocycles. The number of amides is 1. The van der Waals surface area contributed by atoms with E-state index in [0.29, 0.717) is 10.5 Å². The molecule has 0 aliphatic carbocycles. The van der Waals surface area contributed by atoms with Gasteiger partial charge in [0.2, 0.25) is 10.0 Å². The number of carbonyl (C=O) groups excluding carboxylic acids is 2. The first-order valence-electron chi connectivity index (χ1n) is 6.73. The Bertz CT molecular complexity index is 778. The van der Waals surface area contributed by atoms with Crippen LogP contribution < -0.4 is 10.3 Å². The van der Waals surface area contributed by atoms with E-state index in [4.69, 9.17) is 0 Å². The second-order valence-corrected chi connectivity index (χ2v) is 8.14. The lowest BCUT2D eigenvalue weighted by molar-refractivity contribution is -0.118. The van der Waals surface area contributed by atoms with Gasteiger partial charge in [-0.2, -0.15) is 0 Å². The number of allylic oxidation sites excluding steroid dienone is 2. The molecule has 0 fully saturated rings. The normalized spacial score (nSPS) is 14.5. The Kier molecular flexibility index (Phi) is 5.34. The van der Waals surface area contributed by atoms with Crippen LogP contribution in [0.25, 0.3) is 0 Å². The first-order valence-corrected chi connectivity index (χ1v) is 9.43. The van der Waals surface area contributed by atoms with Crippen LogP contribution in [0.3, 0.4) is 0 Å². The molecule has 1 amide bonds. The highest BCUT2D eigenvalue weighted by Gasteiger charge is 2.18. The molecule has 0 saturated carbocycles. The minimum atomic E-state index is -3.52. The fourth-order valence-electron chi connectivity index (χ4n) is 1.93. The molecule has 2 N–H and O–H groups in total. The highest BCUT2D eigenvalue weighted by molar-refractivity contribution is 7.88. The van der Waals surface area contributed by atoms with Crippen LogP contribution in [-0.2, 0) is 14.8 Å². The molecule has 0 spiro atoms. The largest absolute Gasteiger partial charge is 0.365 e. The number of carbonyl (C=O) groups is 2. The summed E-state index contributed by atoms with van der Waals surface area (Å²) in [6.07, 6.45) is 5.89. The number of aryl methyl sites for hydroxylation is 1. The third-order valence-corrected chi connectivity index (χ3v) is 4.49. The summed E-state index contributed by atoms with van der Waals surface area (Å²) in [5.41, 5.74) is 2.47. The van der Waals surface area contributed by atoms with Crippen molar-refractivity contribution in [3.05, 3.63) is 45.8 Å². The number of nitrogens with one attached hydrogen (secondary N) is 2. The third kappa shape index (κ3) is 5.31. The summed E-state index contributed by atoms with van der Waals surface area (Å²) in [6.45, 7) is 2.31. The summed E-state index contributed by atoms with van der Waals surface area (Å²) in [7, 11) is -3.52. The summed E-state index contributed by atoms with van der Waals surface area (Å²) in [5.74, 6) is -0.576. The maximum absolute atomic E-state index is 12.2. The number of hydrogen-bond acceptors (Lipinski definition) is 6. The smallest absolute Gasteiger partial charge is 0.263 e. The molecule has 0 radical (unpaired) electrons. The van der Waals surface area contributed by atoms with Gasteiger partial charge in [0.25, 0.3) is 5.91 Å². The second kappa shape index (κ2) is 7.07. The van der Waals surface area contributed by atoms with Gasteiger partial charge in [-0.05, 0) is 31.3 Å². The van der Waals surface area contributed by atoms with Gasteiger partial charge in [-0.1, -0.05) is 6.08 Å². The fraction of sp³-hybridized carbons (Fsp3) is 0.286. The van der Waals surface area contributed by atoms with Gasteiger partial charge in [0.1, 0.15) is 0 Å². The van der Waals surface area contributed by atoms with E-state index in [1.807, 2.05) is 17.8 Å². The number of nitrogens with zero attached hydrogens (tertiary/aromatic N) is 1. The molecule has 0 bridgehead atoms. The van der Waals surface area contributed by atoms with E-state index < -0.39 is 15.9 Å². The second-order valence-electron chi connectivity index (χ2n) is 5.10. The lowest BCUT2D eigenvalue weighted by Crippen LogP contribution is -2.43. The van der Waals surface area contributed by atoms with Crippen molar-refractivity contribution in [1.29, 1.82) is 0 Å². The molecule has 1 aromatic heterocycles. The Hall–Kier alpha value is -1.97. The molecule has 1 aromatic rings. The summed E-state index contributed by atoms with van der Waals surface area (Å²) >= 11 is 1.43. The van der Waals surface area contributed by atoms with Gasteiger partial charge in [0.05, 0.1) is 17.7 Å². The number of ketones is 1. The highest BCUT2D eigenvalue weighted by Crippen LogP contribution is 2.17. The maximum atomic E-state index is 12.2. The monoisotopic (exact) mass is 355 g/mol. The minimum Gasteiger partial charge on any atom is -0.365 e. The van der Waals surface area contributed by atoms with Crippen molar-refractivity contribution in [3.63, 3.8) is 0 Å². The molecule has 23 heavy (non-hydrogen) atoms. The van der Waals surface area contributed by atoms with Gasteiger partial charge < -0.3 is 4.90 Å². The zero-order valence-corrected chi connectivity index (χ0v) is 14.3. The molecule has 0 unspecified atom stereocenters. The highest BCUT2D eigenvalue weighted by atomic mass is 32.2. The Labute approximate surface area is 138 Å². The van der Waals surface area contributed by atoms with Crippen LogP contribution in [0, 0.1) is 6.92 Å². The fourth-order valence-corrected chi connectivity index (χ4v) is 3.00. The van der Waals surface area contributed by atoms with E-state index in [9.17, 15) is 18.0 Å².